The molecule has 0 atom stereocenters. The Morgan fingerprint density at radius 3 is 2.50 bits per heavy atom. The number of nitrogens with two attached hydrogens (primary N) is 1. The first-order valence-electron chi connectivity index (χ1n) is 6.62. The van der Waals surface area contributed by atoms with Gasteiger partial charge >= 0.3 is 0 Å². The van der Waals surface area contributed by atoms with Crippen molar-refractivity contribution in [1.29, 1.82) is 5.26 Å². The normalized spacial score (nSPS) is 15.1. The van der Waals surface area contributed by atoms with E-state index in [-0.39, 0.29) is 0 Å². The van der Waals surface area contributed by atoms with E-state index in [1.165, 1.54) is 11.1 Å². The monoisotopic (exact) mass is 269 g/mol. The molecule has 0 unspecified atom stereocenters. The molecule has 1 saturated heterocycles. The molecule has 1 fully saturated rings. The molecule has 2 aromatic heterocycles. The first-order valence-corrected chi connectivity index (χ1v) is 6.62. The summed E-state index contributed by atoms with van der Waals surface area (Å²) in [6.07, 6.45) is 6.68. The summed E-state index contributed by atoms with van der Waals surface area (Å²) in [5.41, 5.74) is 6.43. The van der Waals surface area contributed by atoms with Gasteiger partial charge in [0.05, 0.1) is 0 Å². The maximum absolute atomic E-state index is 9.34. The third kappa shape index (κ3) is 2.05. The van der Waals surface area contributed by atoms with Crippen LogP contribution in [-0.2, 0) is 0 Å². The van der Waals surface area contributed by atoms with Crippen molar-refractivity contribution in [3.63, 3.8) is 0 Å². The second kappa shape index (κ2) is 5.17. The number of anilines is 2. The van der Waals surface area contributed by atoms with E-state index in [1.54, 1.807) is 18.5 Å². The number of rotatable bonds is 2. The maximum Gasteiger partial charge on any atom is 0.252 e. The van der Waals surface area contributed by atoms with Crippen molar-refractivity contribution in [2.24, 2.45) is 0 Å². The van der Waals surface area contributed by atoms with Gasteiger partial charge in [0.2, 0.25) is 0 Å². The lowest BCUT2D eigenvalue weighted by atomic mass is 10.1. The Labute approximate surface area is 116 Å². The number of hydrogen-bond donors (Lipinski definition) is 1. The Morgan fingerprint density at radius 1 is 1.15 bits per heavy atom. The molecule has 0 saturated carbocycles. The molecule has 0 aromatic carbocycles. The van der Waals surface area contributed by atoms with Gasteiger partial charge in [-0.3, -0.25) is 0 Å². The molecule has 0 bridgehead atoms. The summed E-state index contributed by atoms with van der Waals surface area (Å²) in [6, 6.07) is 3.87. The molecule has 102 valence electrons. The van der Waals surface area contributed by atoms with Crippen LogP contribution in [0, 0.1) is 11.3 Å². The highest BCUT2D eigenvalue weighted by molar-refractivity contribution is 5.66. The lowest BCUT2D eigenvalue weighted by molar-refractivity contribution is 0.571. The molecule has 1 aliphatic heterocycles. The molecule has 0 amide bonds. The molecule has 3 rings (SSSR count). The fraction of sp³-hybridized carbons (Fsp3) is 0.385. The topological polar surface area (TPSA) is 96.6 Å². The van der Waals surface area contributed by atoms with Crippen LogP contribution < -0.4 is 10.6 Å². The van der Waals surface area contributed by atoms with Gasteiger partial charge < -0.3 is 10.6 Å². The zero-order valence-electron chi connectivity index (χ0n) is 11.0. The van der Waals surface area contributed by atoms with E-state index in [9.17, 15) is 5.26 Å². The van der Waals surface area contributed by atoms with Gasteiger partial charge in [-0.15, -0.1) is 5.10 Å². The van der Waals surface area contributed by atoms with Crippen LogP contribution in [0.5, 0.6) is 0 Å². The second-order valence-electron chi connectivity index (χ2n) is 4.70. The minimum Gasteiger partial charge on any atom is -0.382 e. The number of nitrogen functional groups attached to an aromatic ring is 1. The summed E-state index contributed by atoms with van der Waals surface area (Å²) in [5.74, 6) is 1.31. The van der Waals surface area contributed by atoms with E-state index < -0.39 is 0 Å². The number of piperidine rings is 1. The Hall–Kier alpha value is -2.62. The standard InChI is InChI=1S/C13H15N7/c14-9-10-11(15)20(13-16-5-4-6-17-13)18-12(10)19-7-2-1-3-8-19/h4-6H,1-3,7-8,15H2. The zero-order chi connectivity index (χ0) is 13.9. The summed E-state index contributed by atoms with van der Waals surface area (Å²) in [6.45, 7) is 1.81. The SMILES string of the molecule is N#Cc1c(N2CCCCC2)nn(-c2ncccn2)c1N. The number of nitrogens with zero attached hydrogens (tertiary/aromatic N) is 6. The molecule has 1 aliphatic rings. The average Bonchev–Trinajstić information content (AvgIpc) is 2.86. The number of aromatic nitrogens is 4. The summed E-state index contributed by atoms with van der Waals surface area (Å²) in [4.78, 5) is 10.4. The molecular formula is C13H15N7. The van der Waals surface area contributed by atoms with Crippen LogP contribution in [0.25, 0.3) is 5.95 Å². The van der Waals surface area contributed by atoms with Crippen LogP contribution in [0.3, 0.4) is 0 Å². The smallest absolute Gasteiger partial charge is 0.252 e. The second-order valence-corrected chi connectivity index (χ2v) is 4.70. The molecule has 0 spiro atoms. The van der Waals surface area contributed by atoms with Crippen molar-refractivity contribution in [3.05, 3.63) is 24.0 Å². The van der Waals surface area contributed by atoms with Gasteiger partial charge in [-0.05, 0) is 25.3 Å². The van der Waals surface area contributed by atoms with E-state index in [1.807, 2.05) is 0 Å². The maximum atomic E-state index is 9.34. The summed E-state index contributed by atoms with van der Waals surface area (Å²) in [7, 11) is 0. The van der Waals surface area contributed by atoms with Crippen molar-refractivity contribution in [2.45, 2.75) is 19.3 Å². The van der Waals surface area contributed by atoms with Gasteiger partial charge in [0.25, 0.3) is 5.95 Å². The molecule has 3 heterocycles. The Bertz CT molecular complexity index is 635. The van der Waals surface area contributed by atoms with Crippen molar-refractivity contribution >= 4 is 11.6 Å². The lowest BCUT2D eigenvalue weighted by Gasteiger charge is -2.26. The van der Waals surface area contributed by atoms with Crippen LogP contribution in [0.2, 0.25) is 0 Å². The van der Waals surface area contributed by atoms with Crippen LogP contribution in [-0.4, -0.2) is 32.8 Å². The molecular weight excluding hydrogens is 254 g/mol. The molecule has 7 heteroatoms. The highest BCUT2D eigenvalue weighted by atomic mass is 15.4. The van der Waals surface area contributed by atoms with E-state index in [4.69, 9.17) is 5.73 Å². The van der Waals surface area contributed by atoms with Gasteiger partial charge in [-0.1, -0.05) is 0 Å². The van der Waals surface area contributed by atoms with E-state index in [2.05, 4.69) is 26.0 Å². The van der Waals surface area contributed by atoms with Crippen molar-refractivity contribution in [1.82, 2.24) is 19.7 Å². The predicted octanol–water partition coefficient (Wildman–Crippen LogP) is 1.11. The fourth-order valence-electron chi connectivity index (χ4n) is 2.41. The molecule has 2 aromatic rings. The van der Waals surface area contributed by atoms with Crippen LogP contribution in [0.1, 0.15) is 24.8 Å². The summed E-state index contributed by atoms with van der Waals surface area (Å²) >= 11 is 0. The fourth-order valence-corrected chi connectivity index (χ4v) is 2.41. The summed E-state index contributed by atoms with van der Waals surface area (Å²) in [5, 5.41) is 13.8. The molecule has 0 radical (unpaired) electrons. The third-order valence-electron chi connectivity index (χ3n) is 3.41. The van der Waals surface area contributed by atoms with Crippen molar-refractivity contribution < 1.29 is 0 Å². The van der Waals surface area contributed by atoms with Gasteiger partial charge in [-0.2, -0.15) is 9.94 Å². The number of hydrogen-bond acceptors (Lipinski definition) is 6. The van der Waals surface area contributed by atoms with Crippen molar-refractivity contribution in [3.8, 4) is 12.0 Å². The quantitative estimate of drug-likeness (QED) is 0.877. The molecule has 20 heavy (non-hydrogen) atoms. The molecule has 2 N–H and O–H groups in total. The van der Waals surface area contributed by atoms with Gasteiger partial charge in [0.15, 0.2) is 11.6 Å². The van der Waals surface area contributed by atoms with Crippen LogP contribution in [0.4, 0.5) is 11.6 Å². The first kappa shape index (κ1) is 12.4. The summed E-state index contributed by atoms with van der Waals surface area (Å²) < 4.78 is 1.43. The average molecular weight is 269 g/mol. The lowest BCUT2D eigenvalue weighted by Crippen LogP contribution is -2.30. The van der Waals surface area contributed by atoms with E-state index >= 15 is 0 Å². The Kier molecular flexibility index (Phi) is 3.21. The molecule has 0 aliphatic carbocycles. The van der Waals surface area contributed by atoms with Crippen LogP contribution in [0.15, 0.2) is 18.5 Å². The first-order chi connectivity index (χ1) is 9.81. The number of nitriles is 1. The Morgan fingerprint density at radius 2 is 1.85 bits per heavy atom. The Balaban J connectivity index is 2.05. The minimum atomic E-state index is 0.291. The molecule has 7 nitrogen and oxygen atoms in total. The van der Waals surface area contributed by atoms with Gasteiger partial charge in [-0.25, -0.2) is 9.97 Å². The third-order valence-corrected chi connectivity index (χ3v) is 3.41. The zero-order valence-corrected chi connectivity index (χ0v) is 11.0. The predicted molar refractivity (Wildman–Crippen MR) is 74.3 cm³/mol. The van der Waals surface area contributed by atoms with E-state index in [0.717, 1.165) is 25.9 Å². The highest BCUT2D eigenvalue weighted by Gasteiger charge is 2.23. The highest BCUT2D eigenvalue weighted by Crippen LogP contribution is 2.27. The largest absolute Gasteiger partial charge is 0.382 e. The minimum absolute atomic E-state index is 0.291. The van der Waals surface area contributed by atoms with E-state index in [0.29, 0.717) is 23.1 Å². The van der Waals surface area contributed by atoms with Crippen LogP contribution >= 0.6 is 0 Å². The van der Waals surface area contributed by atoms with Gasteiger partial charge in [0.1, 0.15) is 11.6 Å². The van der Waals surface area contributed by atoms with Gasteiger partial charge in [0, 0.05) is 25.5 Å². The van der Waals surface area contributed by atoms with Crippen molar-refractivity contribution in [2.75, 3.05) is 23.7 Å².